The predicted octanol–water partition coefficient (Wildman–Crippen LogP) is 4.22. The van der Waals surface area contributed by atoms with E-state index in [1.807, 2.05) is 6.92 Å². The largest absolute Gasteiger partial charge is 0.338 e. The number of aromatic nitrogens is 2. The maximum absolute atomic E-state index is 14.3. The molecule has 1 aliphatic heterocycles. The van der Waals surface area contributed by atoms with Crippen LogP contribution in [0.1, 0.15) is 40.0 Å². The number of carbonyl (C=O) groups is 1. The Bertz CT molecular complexity index is 1760. The first kappa shape index (κ1) is 31.3. The van der Waals surface area contributed by atoms with Gasteiger partial charge in [-0.05, 0) is 80.3 Å². The lowest BCUT2D eigenvalue weighted by molar-refractivity contribution is 0.0599. The lowest BCUT2D eigenvalue weighted by atomic mass is 10.00. The van der Waals surface area contributed by atoms with E-state index in [1.165, 1.54) is 27.8 Å². The maximum atomic E-state index is 14.3. The van der Waals surface area contributed by atoms with Gasteiger partial charge in [0.1, 0.15) is 23.0 Å². The van der Waals surface area contributed by atoms with Crippen LogP contribution in [0.2, 0.25) is 0 Å². The first-order valence-electron chi connectivity index (χ1n) is 14.3. The normalized spacial score (nSPS) is 14.1. The summed E-state index contributed by atoms with van der Waals surface area (Å²) in [6.07, 6.45) is 1.62. The summed E-state index contributed by atoms with van der Waals surface area (Å²) in [5.41, 5.74) is 1.98. The summed E-state index contributed by atoms with van der Waals surface area (Å²) >= 11 is 0. The molecule has 0 saturated carbocycles. The summed E-state index contributed by atoms with van der Waals surface area (Å²) in [5.74, 6) is -2.90. The Morgan fingerprint density at radius 1 is 0.932 bits per heavy atom. The number of hydrogen-bond donors (Lipinski definition) is 1. The van der Waals surface area contributed by atoms with Crippen LogP contribution in [0.4, 0.5) is 13.2 Å². The minimum atomic E-state index is -2.68. The van der Waals surface area contributed by atoms with Gasteiger partial charge in [0.05, 0.1) is 16.1 Å². The maximum Gasteiger partial charge on any atom is 0.276 e. The van der Waals surface area contributed by atoms with Crippen LogP contribution in [0.5, 0.6) is 0 Å². The van der Waals surface area contributed by atoms with Crippen LogP contribution in [-0.2, 0) is 30.7 Å². The fraction of sp³-hybridized carbons (Fsp3) is 0.312. The molecular formula is C32H33F3N4O4S. The van der Waals surface area contributed by atoms with Crippen LogP contribution in [-0.4, -0.2) is 59.2 Å². The Labute approximate surface area is 254 Å². The molecule has 0 bridgehead atoms. The minimum Gasteiger partial charge on any atom is -0.338 e. The van der Waals surface area contributed by atoms with Gasteiger partial charge in [0, 0.05) is 45.0 Å². The summed E-state index contributed by atoms with van der Waals surface area (Å²) in [4.78, 5) is 30.5. The van der Waals surface area contributed by atoms with Gasteiger partial charge in [-0.2, -0.15) is 0 Å². The van der Waals surface area contributed by atoms with Crippen molar-refractivity contribution in [2.24, 2.45) is 7.05 Å². The van der Waals surface area contributed by atoms with Crippen LogP contribution >= 0.6 is 0 Å². The average molecular weight is 627 g/mol. The monoisotopic (exact) mass is 626 g/mol. The summed E-state index contributed by atoms with van der Waals surface area (Å²) in [6, 6.07) is 15.6. The molecule has 1 aliphatic rings. The Kier molecular flexibility index (Phi) is 9.40. The van der Waals surface area contributed by atoms with E-state index in [4.69, 9.17) is 0 Å². The van der Waals surface area contributed by atoms with E-state index in [0.29, 0.717) is 43.6 Å². The molecule has 5 rings (SSSR count). The van der Waals surface area contributed by atoms with Crippen molar-refractivity contribution in [2.45, 2.75) is 43.7 Å². The standard InChI is InChI=1S/C32H33F3N4O4S/c1-21-27(31(40)39(36(21)2)25-10-8-23(33)9-11-25)20-38(17-14-22-6-12-26(13-7-22)44(42)43)24-15-18-37(19-16-24)32(41)30-28(34)4-3-5-29(30)35/h3-13,24,44H,14-20H2,1-2H3. The Hall–Kier alpha value is -4.16. The van der Waals surface area contributed by atoms with Crippen LogP contribution in [0, 0.1) is 24.4 Å². The van der Waals surface area contributed by atoms with Gasteiger partial charge in [-0.15, -0.1) is 0 Å². The molecule has 1 amide bonds. The number of nitrogens with zero attached hydrogens (tertiary/aromatic N) is 4. The molecule has 12 heteroatoms. The summed E-state index contributed by atoms with van der Waals surface area (Å²) in [5, 5.41) is 0. The van der Waals surface area contributed by atoms with Crippen LogP contribution in [0.15, 0.2) is 76.4 Å². The third-order valence-electron chi connectivity index (χ3n) is 8.38. The summed E-state index contributed by atoms with van der Waals surface area (Å²) < 4.78 is 68.0. The molecule has 0 aliphatic carbocycles. The molecule has 0 N–H and O–H groups in total. The molecule has 3 aromatic carbocycles. The van der Waals surface area contributed by atoms with Gasteiger partial charge in [-0.1, -0.05) is 18.2 Å². The highest BCUT2D eigenvalue weighted by Crippen LogP contribution is 2.24. The third kappa shape index (κ3) is 6.51. The molecule has 4 aromatic rings. The average Bonchev–Trinajstić information content (AvgIpc) is 3.22. The van der Waals surface area contributed by atoms with E-state index >= 15 is 0 Å². The quantitative estimate of drug-likeness (QED) is 0.282. The van der Waals surface area contributed by atoms with E-state index in [1.54, 1.807) is 48.1 Å². The van der Waals surface area contributed by atoms with E-state index in [2.05, 4.69) is 4.90 Å². The van der Waals surface area contributed by atoms with Crippen molar-refractivity contribution in [3.05, 3.63) is 117 Å². The van der Waals surface area contributed by atoms with Crippen LogP contribution in [0.3, 0.4) is 0 Å². The second kappa shape index (κ2) is 13.2. The van der Waals surface area contributed by atoms with Crippen molar-refractivity contribution < 1.29 is 26.4 Å². The zero-order valence-corrected chi connectivity index (χ0v) is 25.3. The van der Waals surface area contributed by atoms with Crippen LogP contribution < -0.4 is 5.56 Å². The molecule has 0 unspecified atom stereocenters. The number of likely N-dealkylation sites (tertiary alicyclic amines) is 1. The molecule has 1 aromatic heterocycles. The highest BCUT2D eigenvalue weighted by atomic mass is 32.2. The van der Waals surface area contributed by atoms with Crippen molar-refractivity contribution >= 4 is 16.6 Å². The van der Waals surface area contributed by atoms with Crippen LogP contribution in [0.25, 0.3) is 5.69 Å². The molecule has 8 nitrogen and oxygen atoms in total. The smallest absolute Gasteiger partial charge is 0.276 e. The molecule has 0 spiro atoms. The number of thiol groups is 1. The highest BCUT2D eigenvalue weighted by molar-refractivity contribution is 7.72. The fourth-order valence-corrected chi connectivity index (χ4v) is 6.16. The Morgan fingerprint density at radius 3 is 2.14 bits per heavy atom. The van der Waals surface area contributed by atoms with Gasteiger partial charge in [0.15, 0.2) is 10.7 Å². The van der Waals surface area contributed by atoms with Gasteiger partial charge in [-0.25, -0.2) is 26.3 Å². The fourth-order valence-electron chi connectivity index (χ4n) is 5.76. The molecule has 1 fully saturated rings. The van der Waals surface area contributed by atoms with Crippen molar-refractivity contribution in [3.8, 4) is 5.69 Å². The highest BCUT2D eigenvalue weighted by Gasteiger charge is 2.31. The molecule has 0 radical (unpaired) electrons. The second-order valence-electron chi connectivity index (χ2n) is 10.9. The molecular weight excluding hydrogens is 593 g/mol. The second-order valence-corrected chi connectivity index (χ2v) is 12.0. The van der Waals surface area contributed by atoms with Gasteiger partial charge < -0.3 is 4.90 Å². The van der Waals surface area contributed by atoms with E-state index in [9.17, 15) is 31.2 Å². The number of carbonyl (C=O) groups excluding carboxylic acids is 1. The number of amides is 1. The first-order valence-corrected chi connectivity index (χ1v) is 15.5. The molecule has 1 saturated heterocycles. The first-order chi connectivity index (χ1) is 21.0. The lowest BCUT2D eigenvalue weighted by Gasteiger charge is -2.38. The summed E-state index contributed by atoms with van der Waals surface area (Å²) in [6.45, 7) is 3.26. The predicted molar refractivity (Wildman–Crippen MR) is 160 cm³/mol. The minimum absolute atomic E-state index is 0.0433. The lowest BCUT2D eigenvalue weighted by Crippen LogP contribution is -2.47. The molecule has 232 valence electrons. The van der Waals surface area contributed by atoms with Gasteiger partial charge in [0.25, 0.3) is 11.5 Å². The number of hydrogen-bond acceptors (Lipinski definition) is 5. The number of piperidine rings is 1. The van der Waals surface area contributed by atoms with E-state index < -0.39 is 39.6 Å². The van der Waals surface area contributed by atoms with E-state index in [0.717, 1.165) is 23.4 Å². The number of rotatable bonds is 9. The zero-order valence-electron chi connectivity index (χ0n) is 24.4. The van der Waals surface area contributed by atoms with Crippen molar-refractivity contribution in [1.29, 1.82) is 0 Å². The topological polar surface area (TPSA) is 84.6 Å². The number of benzene rings is 3. The molecule has 44 heavy (non-hydrogen) atoms. The van der Waals surface area contributed by atoms with Crippen molar-refractivity contribution in [3.63, 3.8) is 0 Å². The van der Waals surface area contributed by atoms with Gasteiger partial charge >= 0.3 is 0 Å². The Balaban J connectivity index is 1.39. The molecule has 2 heterocycles. The third-order valence-corrected chi connectivity index (χ3v) is 9.10. The Morgan fingerprint density at radius 2 is 1.55 bits per heavy atom. The SMILES string of the molecule is Cc1c(CN(CCc2ccc([SH](=O)=O)cc2)C2CCN(C(=O)c3c(F)cccc3F)CC2)c(=O)n(-c2ccc(F)cc2)n1C. The van der Waals surface area contributed by atoms with Crippen molar-refractivity contribution in [2.75, 3.05) is 19.6 Å². The van der Waals surface area contributed by atoms with E-state index in [-0.39, 0.29) is 29.6 Å². The summed E-state index contributed by atoms with van der Waals surface area (Å²) in [7, 11) is -0.917. The van der Waals surface area contributed by atoms with Crippen molar-refractivity contribution in [1.82, 2.24) is 19.2 Å². The number of halogens is 3. The molecule has 0 atom stereocenters. The zero-order chi connectivity index (χ0) is 31.5. The van der Waals surface area contributed by atoms with Gasteiger partial charge in [0.2, 0.25) is 0 Å². The van der Waals surface area contributed by atoms with Gasteiger partial charge in [-0.3, -0.25) is 19.2 Å².